The van der Waals surface area contributed by atoms with Crippen LogP contribution in [-0.4, -0.2) is 77.1 Å². The molecule has 3 aliphatic rings. The van der Waals surface area contributed by atoms with E-state index in [1.54, 1.807) is 0 Å². The molecule has 3 heterocycles. The lowest BCUT2D eigenvalue weighted by atomic mass is 9.80. The third-order valence-electron chi connectivity index (χ3n) is 7.42. The van der Waals surface area contributed by atoms with Gasteiger partial charge in [-0.3, -0.25) is 9.69 Å². The second-order valence-corrected chi connectivity index (χ2v) is 11.1. The molecule has 3 fully saturated rings. The van der Waals surface area contributed by atoms with E-state index in [-0.39, 0.29) is 49.2 Å². The molecule has 1 aromatic carbocycles. The lowest BCUT2D eigenvalue weighted by molar-refractivity contribution is -0.132. The molecular formula is C24H35BrCl3N5OS. The van der Waals surface area contributed by atoms with Crippen LogP contribution in [0, 0.1) is 5.92 Å². The van der Waals surface area contributed by atoms with Crippen molar-refractivity contribution in [3.8, 4) is 0 Å². The van der Waals surface area contributed by atoms with Crippen molar-refractivity contribution >= 4 is 87.4 Å². The summed E-state index contributed by atoms with van der Waals surface area (Å²) in [6.07, 6.45) is 4.43. The van der Waals surface area contributed by atoms with Crippen molar-refractivity contribution in [2.75, 3.05) is 49.3 Å². The quantitative estimate of drug-likeness (QED) is 0.492. The molecule has 5 rings (SSSR count). The maximum absolute atomic E-state index is 12.7. The topological polar surface area (TPSA) is 65.7 Å². The second kappa shape index (κ2) is 13.9. The standard InChI is InChI=1S/C24H32BrN5OS.3ClH/c25-21-15-18-3-1-2-4-20(18)23(27-21)29-11-9-28(10-12-29)19-7-5-17(6-8-19)22(26)24(31)30-13-14-32-16-30;;;/h1-4,15,17,19,22H,5-14,16,26H2;3*1H/t17?,19?,22-;;;/m0.../s1. The van der Waals surface area contributed by atoms with Crippen LogP contribution in [0.2, 0.25) is 0 Å². The van der Waals surface area contributed by atoms with E-state index >= 15 is 0 Å². The van der Waals surface area contributed by atoms with Gasteiger partial charge in [-0.1, -0.05) is 24.3 Å². The van der Waals surface area contributed by atoms with Crippen molar-refractivity contribution < 1.29 is 4.79 Å². The van der Waals surface area contributed by atoms with E-state index in [2.05, 4.69) is 56.1 Å². The molecule has 2 aliphatic heterocycles. The Morgan fingerprint density at radius 1 is 1.03 bits per heavy atom. The van der Waals surface area contributed by atoms with Crippen LogP contribution in [0.4, 0.5) is 5.82 Å². The second-order valence-electron chi connectivity index (χ2n) is 9.25. The number of carbonyl (C=O) groups excluding carboxylic acids is 1. The van der Waals surface area contributed by atoms with Gasteiger partial charge in [0.2, 0.25) is 5.91 Å². The van der Waals surface area contributed by atoms with Gasteiger partial charge in [0, 0.05) is 49.9 Å². The third kappa shape index (κ3) is 6.89. The number of piperazine rings is 1. The molecule has 0 spiro atoms. The first-order valence-corrected chi connectivity index (χ1v) is 13.7. The summed E-state index contributed by atoms with van der Waals surface area (Å²) in [7, 11) is 0. The summed E-state index contributed by atoms with van der Waals surface area (Å²) in [4.78, 5) is 24.5. The normalized spacial score (nSPS) is 23.7. The Morgan fingerprint density at radius 3 is 2.37 bits per heavy atom. The predicted octanol–water partition coefficient (Wildman–Crippen LogP) is 4.80. The Hall–Kier alpha value is -0.480. The molecule has 0 unspecified atom stereocenters. The molecule has 0 radical (unpaired) electrons. The first-order chi connectivity index (χ1) is 15.6. The Kier molecular flexibility index (Phi) is 12.2. The van der Waals surface area contributed by atoms with E-state index in [1.807, 2.05) is 16.7 Å². The molecule has 1 saturated carbocycles. The summed E-state index contributed by atoms with van der Waals surface area (Å²) in [6.45, 7) is 4.98. The van der Waals surface area contributed by atoms with Crippen LogP contribution < -0.4 is 10.6 Å². The number of anilines is 1. The van der Waals surface area contributed by atoms with Gasteiger partial charge in [0.25, 0.3) is 0 Å². The van der Waals surface area contributed by atoms with Crippen LogP contribution in [-0.2, 0) is 4.79 Å². The monoisotopic (exact) mass is 625 g/mol. The molecule has 1 amide bonds. The van der Waals surface area contributed by atoms with Crippen molar-refractivity contribution in [1.82, 2.24) is 14.8 Å². The summed E-state index contributed by atoms with van der Waals surface area (Å²) in [6, 6.07) is 10.9. The Morgan fingerprint density at radius 2 is 1.71 bits per heavy atom. The summed E-state index contributed by atoms with van der Waals surface area (Å²) >= 11 is 5.41. The lowest BCUT2D eigenvalue weighted by Crippen LogP contribution is -2.53. The highest BCUT2D eigenvalue weighted by atomic mass is 79.9. The highest BCUT2D eigenvalue weighted by Gasteiger charge is 2.35. The van der Waals surface area contributed by atoms with Crippen molar-refractivity contribution in [3.63, 3.8) is 0 Å². The molecule has 0 bridgehead atoms. The number of benzene rings is 1. The SMILES string of the molecule is Cl.Cl.Cl.N[C@H](C(=O)N1CCSC1)C1CCC(N2CCN(c3nc(Br)cc4ccccc34)CC2)CC1. The van der Waals surface area contributed by atoms with Crippen molar-refractivity contribution in [2.45, 2.75) is 37.8 Å². The number of fused-ring (bicyclic) bond motifs is 1. The van der Waals surface area contributed by atoms with Gasteiger partial charge in [-0.15, -0.1) is 49.0 Å². The summed E-state index contributed by atoms with van der Waals surface area (Å²) in [5.41, 5.74) is 6.40. The average Bonchev–Trinajstić information content (AvgIpc) is 3.38. The Bertz CT molecular complexity index is 967. The first kappa shape index (κ1) is 30.7. The van der Waals surface area contributed by atoms with E-state index in [4.69, 9.17) is 10.7 Å². The largest absolute Gasteiger partial charge is 0.353 e. The van der Waals surface area contributed by atoms with Gasteiger partial charge in [-0.2, -0.15) is 0 Å². The number of nitrogens with zero attached hydrogens (tertiary/aromatic N) is 4. The lowest BCUT2D eigenvalue weighted by Gasteiger charge is -2.43. The van der Waals surface area contributed by atoms with Gasteiger partial charge < -0.3 is 15.5 Å². The van der Waals surface area contributed by atoms with Gasteiger partial charge in [0.15, 0.2) is 0 Å². The van der Waals surface area contributed by atoms with Gasteiger partial charge in [0.05, 0.1) is 11.9 Å². The van der Waals surface area contributed by atoms with Crippen LogP contribution in [0.15, 0.2) is 34.9 Å². The predicted molar refractivity (Wildman–Crippen MR) is 158 cm³/mol. The molecular weight excluding hydrogens is 593 g/mol. The van der Waals surface area contributed by atoms with Crippen molar-refractivity contribution in [3.05, 3.63) is 34.9 Å². The average molecular weight is 628 g/mol. The van der Waals surface area contributed by atoms with E-state index in [0.717, 1.165) is 80.5 Å². The Balaban J connectivity index is 0.00000144. The molecule has 2 N–H and O–H groups in total. The van der Waals surface area contributed by atoms with Crippen LogP contribution in [0.1, 0.15) is 25.7 Å². The number of nitrogens with two attached hydrogens (primary N) is 1. The molecule has 35 heavy (non-hydrogen) atoms. The zero-order valence-electron chi connectivity index (χ0n) is 19.7. The molecule has 2 saturated heterocycles. The summed E-state index contributed by atoms with van der Waals surface area (Å²) < 4.78 is 0.894. The highest BCUT2D eigenvalue weighted by Crippen LogP contribution is 2.33. The number of rotatable bonds is 4. The summed E-state index contributed by atoms with van der Waals surface area (Å²) in [5, 5.41) is 2.45. The number of carbonyl (C=O) groups is 1. The fourth-order valence-corrected chi connectivity index (χ4v) is 6.88. The maximum atomic E-state index is 12.7. The zero-order valence-corrected chi connectivity index (χ0v) is 24.5. The number of pyridine rings is 1. The molecule has 1 aromatic heterocycles. The number of amides is 1. The van der Waals surface area contributed by atoms with Gasteiger partial charge in [-0.05, 0) is 59.0 Å². The highest BCUT2D eigenvalue weighted by molar-refractivity contribution is 9.10. The number of halogens is 4. The van der Waals surface area contributed by atoms with Gasteiger partial charge in [0.1, 0.15) is 10.4 Å². The maximum Gasteiger partial charge on any atom is 0.240 e. The zero-order chi connectivity index (χ0) is 22.1. The number of thioether (sulfide) groups is 1. The number of hydrogen-bond acceptors (Lipinski definition) is 6. The molecule has 11 heteroatoms. The van der Waals surface area contributed by atoms with E-state index < -0.39 is 0 Å². The minimum Gasteiger partial charge on any atom is -0.353 e. The molecule has 196 valence electrons. The van der Waals surface area contributed by atoms with Crippen LogP contribution in [0.25, 0.3) is 10.8 Å². The van der Waals surface area contributed by atoms with Gasteiger partial charge >= 0.3 is 0 Å². The number of hydrogen-bond donors (Lipinski definition) is 1. The van der Waals surface area contributed by atoms with E-state index in [9.17, 15) is 4.79 Å². The van der Waals surface area contributed by atoms with Gasteiger partial charge in [-0.25, -0.2) is 4.98 Å². The summed E-state index contributed by atoms with van der Waals surface area (Å²) in [5.74, 6) is 3.45. The molecule has 1 atom stereocenters. The first-order valence-electron chi connectivity index (χ1n) is 11.8. The fourth-order valence-electron chi connectivity index (χ4n) is 5.51. The Labute approximate surface area is 239 Å². The minimum atomic E-state index is -0.317. The van der Waals surface area contributed by atoms with Crippen LogP contribution in [0.5, 0.6) is 0 Å². The van der Waals surface area contributed by atoms with Crippen molar-refractivity contribution in [1.29, 1.82) is 0 Å². The van der Waals surface area contributed by atoms with E-state index in [0.29, 0.717) is 12.0 Å². The van der Waals surface area contributed by atoms with E-state index in [1.165, 1.54) is 10.8 Å². The van der Waals surface area contributed by atoms with Crippen LogP contribution in [0.3, 0.4) is 0 Å². The van der Waals surface area contributed by atoms with Crippen LogP contribution >= 0.6 is 64.9 Å². The number of aromatic nitrogens is 1. The third-order valence-corrected chi connectivity index (χ3v) is 8.79. The minimum absolute atomic E-state index is 0. The molecule has 1 aliphatic carbocycles. The fraction of sp³-hybridized carbons (Fsp3) is 0.583. The molecule has 2 aromatic rings. The smallest absolute Gasteiger partial charge is 0.240 e. The molecule has 6 nitrogen and oxygen atoms in total. The van der Waals surface area contributed by atoms with Crippen molar-refractivity contribution in [2.24, 2.45) is 11.7 Å².